The van der Waals surface area contributed by atoms with Crippen LogP contribution >= 0.6 is 11.8 Å². The van der Waals surface area contributed by atoms with Crippen molar-refractivity contribution in [2.75, 3.05) is 18.9 Å². The molecule has 0 spiro atoms. The van der Waals surface area contributed by atoms with Crippen LogP contribution in [0.3, 0.4) is 0 Å². The maximum atomic E-state index is 12.9. The van der Waals surface area contributed by atoms with Gasteiger partial charge in [-0.05, 0) is 37.3 Å². The molecule has 7 heteroatoms. The molecule has 0 unspecified atom stereocenters. The van der Waals surface area contributed by atoms with E-state index >= 15 is 0 Å². The second-order valence-electron chi connectivity index (χ2n) is 7.28. The van der Waals surface area contributed by atoms with Gasteiger partial charge in [0.25, 0.3) is 5.56 Å². The molecule has 1 aliphatic heterocycles. The molecule has 0 saturated carbocycles. The molecule has 1 amide bonds. The number of hydrogen-bond acceptors (Lipinski definition) is 5. The van der Waals surface area contributed by atoms with Crippen LogP contribution in [0.4, 0.5) is 0 Å². The van der Waals surface area contributed by atoms with E-state index in [2.05, 4.69) is 24.1 Å². The van der Waals surface area contributed by atoms with E-state index in [1.165, 1.54) is 11.8 Å². The highest BCUT2D eigenvalue weighted by atomic mass is 32.2. The number of para-hydroxylation sites is 1. The summed E-state index contributed by atoms with van der Waals surface area (Å²) >= 11 is 1.32. The molecule has 1 aromatic carbocycles. The number of thioether (sulfide) groups is 1. The molecule has 1 aromatic heterocycles. The molecule has 27 heavy (non-hydrogen) atoms. The van der Waals surface area contributed by atoms with Gasteiger partial charge >= 0.3 is 0 Å². The molecule has 0 radical (unpaired) electrons. The fourth-order valence-corrected chi connectivity index (χ4v) is 3.91. The Kier molecular flexibility index (Phi) is 6.90. The van der Waals surface area contributed by atoms with Crippen LogP contribution in [-0.2, 0) is 16.1 Å². The van der Waals surface area contributed by atoms with Crippen LogP contribution in [0.2, 0.25) is 0 Å². The number of rotatable bonds is 8. The number of aromatic nitrogens is 2. The number of carbonyl (C=O) groups excluding carboxylic acids is 1. The van der Waals surface area contributed by atoms with Gasteiger partial charge in [-0.1, -0.05) is 37.7 Å². The van der Waals surface area contributed by atoms with Gasteiger partial charge in [0.05, 0.1) is 22.8 Å². The lowest BCUT2D eigenvalue weighted by Crippen LogP contribution is -2.33. The molecule has 0 aliphatic carbocycles. The Hall–Kier alpha value is -1.86. The first-order chi connectivity index (χ1) is 13.0. The highest BCUT2D eigenvalue weighted by Crippen LogP contribution is 2.19. The Balaban J connectivity index is 1.72. The first-order valence-corrected chi connectivity index (χ1v) is 10.5. The fourth-order valence-electron chi connectivity index (χ4n) is 3.06. The smallest absolute Gasteiger partial charge is 0.262 e. The normalized spacial score (nSPS) is 16.9. The highest BCUT2D eigenvalue weighted by Gasteiger charge is 2.17. The predicted molar refractivity (Wildman–Crippen MR) is 108 cm³/mol. The van der Waals surface area contributed by atoms with Crippen molar-refractivity contribution < 1.29 is 9.53 Å². The summed E-state index contributed by atoms with van der Waals surface area (Å²) in [7, 11) is 0. The maximum Gasteiger partial charge on any atom is 0.262 e. The third-order valence-corrected chi connectivity index (χ3v) is 5.62. The summed E-state index contributed by atoms with van der Waals surface area (Å²) in [6, 6.07) is 7.37. The lowest BCUT2D eigenvalue weighted by atomic mass is 10.1. The number of nitrogens with zero attached hydrogens (tertiary/aromatic N) is 2. The minimum absolute atomic E-state index is 0.0384. The molecule has 1 fully saturated rings. The van der Waals surface area contributed by atoms with Crippen LogP contribution in [0.25, 0.3) is 10.9 Å². The summed E-state index contributed by atoms with van der Waals surface area (Å²) in [6.45, 7) is 6.19. The quantitative estimate of drug-likeness (QED) is 0.555. The molecule has 2 aromatic rings. The Bertz CT molecular complexity index is 844. The number of amides is 1. The monoisotopic (exact) mass is 389 g/mol. The number of hydrogen-bond donors (Lipinski definition) is 1. The minimum atomic E-state index is -0.0617. The molecule has 1 N–H and O–H groups in total. The van der Waals surface area contributed by atoms with Crippen LogP contribution in [0.1, 0.15) is 33.1 Å². The Labute approximate surface area is 163 Å². The minimum Gasteiger partial charge on any atom is -0.376 e. The number of fused-ring (bicyclic) bond motifs is 1. The van der Waals surface area contributed by atoms with Crippen molar-refractivity contribution in [2.45, 2.75) is 50.9 Å². The largest absolute Gasteiger partial charge is 0.376 e. The van der Waals surface area contributed by atoms with Crippen LogP contribution < -0.4 is 10.9 Å². The van der Waals surface area contributed by atoms with E-state index in [1.807, 2.05) is 18.2 Å². The molecule has 6 nitrogen and oxygen atoms in total. The van der Waals surface area contributed by atoms with Crippen molar-refractivity contribution in [3.8, 4) is 0 Å². The lowest BCUT2D eigenvalue weighted by Gasteiger charge is -2.14. The van der Waals surface area contributed by atoms with Gasteiger partial charge < -0.3 is 10.1 Å². The van der Waals surface area contributed by atoms with Gasteiger partial charge in [0.2, 0.25) is 5.91 Å². The zero-order valence-corrected chi connectivity index (χ0v) is 16.8. The van der Waals surface area contributed by atoms with Crippen LogP contribution in [0.15, 0.2) is 34.2 Å². The molecule has 1 aliphatic rings. The summed E-state index contributed by atoms with van der Waals surface area (Å²) in [5, 5.41) is 4.14. The molecule has 1 saturated heterocycles. The third kappa shape index (κ3) is 5.32. The average molecular weight is 390 g/mol. The van der Waals surface area contributed by atoms with Gasteiger partial charge in [0, 0.05) is 19.7 Å². The third-order valence-electron chi connectivity index (χ3n) is 4.64. The van der Waals surface area contributed by atoms with Gasteiger partial charge in [0.15, 0.2) is 5.16 Å². The zero-order valence-electron chi connectivity index (χ0n) is 15.9. The SMILES string of the molecule is CC(C)CCn1c(SCC(=O)NC[C@@H]2CCCO2)nc2ccccc2c1=O. The van der Waals surface area contributed by atoms with E-state index in [1.54, 1.807) is 10.6 Å². The first-order valence-electron chi connectivity index (χ1n) is 9.55. The Morgan fingerprint density at radius 3 is 2.96 bits per heavy atom. The number of ether oxygens (including phenoxy) is 1. The summed E-state index contributed by atoms with van der Waals surface area (Å²) < 4.78 is 7.23. The molecule has 2 heterocycles. The molecule has 0 bridgehead atoms. The topological polar surface area (TPSA) is 73.2 Å². The standard InChI is InChI=1S/C20H27N3O3S/c1-14(2)9-10-23-19(25)16-7-3-4-8-17(16)22-20(23)27-13-18(24)21-12-15-6-5-11-26-15/h3-4,7-8,14-15H,5-6,9-13H2,1-2H3,(H,21,24)/t15-/m0/s1. The van der Waals surface area contributed by atoms with Gasteiger partial charge in [0.1, 0.15) is 0 Å². The van der Waals surface area contributed by atoms with Crippen LogP contribution in [0, 0.1) is 5.92 Å². The highest BCUT2D eigenvalue weighted by molar-refractivity contribution is 7.99. The fraction of sp³-hybridized carbons (Fsp3) is 0.550. The Morgan fingerprint density at radius 1 is 1.41 bits per heavy atom. The van der Waals surface area contributed by atoms with Crippen LogP contribution in [-0.4, -0.2) is 40.5 Å². The second-order valence-corrected chi connectivity index (χ2v) is 8.22. The van der Waals surface area contributed by atoms with E-state index in [4.69, 9.17) is 4.74 Å². The predicted octanol–water partition coefficient (Wildman–Crippen LogP) is 2.83. The van der Waals surface area contributed by atoms with E-state index < -0.39 is 0 Å². The van der Waals surface area contributed by atoms with Crippen molar-refractivity contribution >= 4 is 28.6 Å². The molecular formula is C20H27N3O3S. The van der Waals surface area contributed by atoms with Crippen molar-refractivity contribution in [2.24, 2.45) is 5.92 Å². The van der Waals surface area contributed by atoms with E-state index in [-0.39, 0.29) is 23.3 Å². The van der Waals surface area contributed by atoms with Crippen molar-refractivity contribution in [1.82, 2.24) is 14.9 Å². The molecule has 146 valence electrons. The van der Waals surface area contributed by atoms with Crippen molar-refractivity contribution in [3.05, 3.63) is 34.6 Å². The summed E-state index contributed by atoms with van der Waals surface area (Å²) in [5.41, 5.74) is 0.633. The van der Waals surface area contributed by atoms with Crippen molar-refractivity contribution in [3.63, 3.8) is 0 Å². The van der Waals surface area contributed by atoms with E-state index in [0.717, 1.165) is 25.9 Å². The summed E-state index contributed by atoms with van der Waals surface area (Å²) in [6.07, 6.45) is 3.06. The molecule has 3 rings (SSSR count). The number of benzene rings is 1. The lowest BCUT2D eigenvalue weighted by molar-refractivity contribution is -0.119. The molecular weight excluding hydrogens is 362 g/mol. The number of carbonyl (C=O) groups is 1. The maximum absolute atomic E-state index is 12.9. The van der Waals surface area contributed by atoms with Gasteiger partial charge in [-0.2, -0.15) is 0 Å². The molecule has 1 atom stereocenters. The second kappa shape index (κ2) is 9.37. The van der Waals surface area contributed by atoms with E-state index in [9.17, 15) is 9.59 Å². The van der Waals surface area contributed by atoms with Gasteiger partial charge in [-0.25, -0.2) is 4.98 Å². The average Bonchev–Trinajstić information content (AvgIpc) is 3.17. The van der Waals surface area contributed by atoms with Crippen LogP contribution in [0.5, 0.6) is 0 Å². The summed E-state index contributed by atoms with van der Waals surface area (Å²) in [4.78, 5) is 29.7. The van der Waals surface area contributed by atoms with Gasteiger partial charge in [-0.3, -0.25) is 14.2 Å². The zero-order chi connectivity index (χ0) is 19.2. The van der Waals surface area contributed by atoms with Gasteiger partial charge in [-0.15, -0.1) is 0 Å². The van der Waals surface area contributed by atoms with E-state index in [0.29, 0.717) is 35.1 Å². The first kappa shape index (κ1) is 19.9. The summed E-state index contributed by atoms with van der Waals surface area (Å²) in [5.74, 6) is 0.656. The Morgan fingerprint density at radius 2 is 2.22 bits per heavy atom. The van der Waals surface area contributed by atoms with Crippen molar-refractivity contribution in [1.29, 1.82) is 0 Å². The number of nitrogens with one attached hydrogen (secondary N) is 1.